The van der Waals surface area contributed by atoms with Crippen molar-refractivity contribution in [3.05, 3.63) is 35.9 Å². The van der Waals surface area contributed by atoms with Crippen LogP contribution in [-0.2, 0) is 20.9 Å². The van der Waals surface area contributed by atoms with Gasteiger partial charge in [0.05, 0.1) is 25.2 Å². The Labute approximate surface area is 95.4 Å². The number of rotatable bonds is 4. The molecule has 1 aliphatic carbocycles. The molecule has 2 atom stereocenters. The van der Waals surface area contributed by atoms with Crippen LogP contribution in [0.4, 0.5) is 0 Å². The minimum absolute atomic E-state index is 0.000145. The van der Waals surface area contributed by atoms with Crippen molar-refractivity contribution in [3.8, 4) is 0 Å². The van der Waals surface area contributed by atoms with E-state index in [0.717, 1.165) is 12.0 Å². The van der Waals surface area contributed by atoms with Crippen LogP contribution in [0, 0.1) is 5.41 Å². The van der Waals surface area contributed by atoms with Crippen LogP contribution in [0.25, 0.3) is 0 Å². The molecule has 1 fully saturated rings. The number of esters is 1. The first-order chi connectivity index (χ1) is 7.66. The third-order valence-corrected chi connectivity index (χ3v) is 3.11. The summed E-state index contributed by atoms with van der Waals surface area (Å²) in [4.78, 5) is 11.4. The van der Waals surface area contributed by atoms with E-state index in [0.29, 0.717) is 6.61 Å². The highest BCUT2D eigenvalue weighted by molar-refractivity contribution is 5.80. The molecule has 0 saturated heterocycles. The Kier molecular flexibility index (Phi) is 2.97. The Morgan fingerprint density at radius 2 is 2.12 bits per heavy atom. The van der Waals surface area contributed by atoms with Gasteiger partial charge in [-0.3, -0.25) is 4.79 Å². The number of carbonyl (C=O) groups excluding carboxylic acids is 1. The third kappa shape index (κ3) is 2.09. The van der Waals surface area contributed by atoms with Crippen molar-refractivity contribution in [2.45, 2.75) is 26.1 Å². The van der Waals surface area contributed by atoms with Crippen LogP contribution in [0.3, 0.4) is 0 Å². The Bertz CT molecular complexity index is 374. The molecular weight excluding hydrogens is 204 g/mol. The Hall–Kier alpha value is -1.35. The second-order valence-electron chi connectivity index (χ2n) is 4.40. The van der Waals surface area contributed by atoms with Gasteiger partial charge in [0.15, 0.2) is 0 Å². The zero-order chi connectivity index (χ0) is 11.6. The molecule has 1 aliphatic rings. The van der Waals surface area contributed by atoms with Gasteiger partial charge >= 0.3 is 5.97 Å². The van der Waals surface area contributed by atoms with E-state index in [4.69, 9.17) is 9.47 Å². The lowest BCUT2D eigenvalue weighted by atomic mass is 10.1. The molecule has 1 saturated carbocycles. The monoisotopic (exact) mass is 220 g/mol. The third-order valence-electron chi connectivity index (χ3n) is 3.11. The first kappa shape index (κ1) is 11.1. The van der Waals surface area contributed by atoms with E-state index in [1.807, 2.05) is 37.3 Å². The van der Waals surface area contributed by atoms with Crippen LogP contribution >= 0.6 is 0 Å². The number of ether oxygens (including phenoxy) is 2. The first-order valence-electron chi connectivity index (χ1n) is 5.41. The molecule has 0 unspecified atom stereocenters. The van der Waals surface area contributed by atoms with E-state index < -0.39 is 5.41 Å². The van der Waals surface area contributed by atoms with E-state index in [1.54, 1.807) is 0 Å². The van der Waals surface area contributed by atoms with Crippen LogP contribution in [-0.4, -0.2) is 19.2 Å². The molecule has 2 rings (SSSR count). The summed E-state index contributed by atoms with van der Waals surface area (Å²) in [5.41, 5.74) is 0.699. The summed E-state index contributed by atoms with van der Waals surface area (Å²) < 4.78 is 10.4. The second kappa shape index (κ2) is 4.26. The molecule has 3 heteroatoms. The lowest BCUT2D eigenvalue weighted by Gasteiger charge is -2.09. The van der Waals surface area contributed by atoms with Crippen LogP contribution in [0.15, 0.2) is 30.3 Å². The summed E-state index contributed by atoms with van der Waals surface area (Å²) in [5, 5.41) is 0. The summed E-state index contributed by atoms with van der Waals surface area (Å²) in [6.07, 6.45) is 0.757. The standard InChI is InChI=1S/C13H16O3/c1-13(12(14)15-2)8-11(13)16-9-10-6-4-3-5-7-10/h3-7,11H,8-9H2,1-2H3/t11-,13+/m0/s1. The summed E-state index contributed by atoms with van der Waals surface area (Å²) in [5.74, 6) is -0.175. The minimum Gasteiger partial charge on any atom is -0.469 e. The second-order valence-corrected chi connectivity index (χ2v) is 4.40. The zero-order valence-corrected chi connectivity index (χ0v) is 9.60. The van der Waals surface area contributed by atoms with Crippen molar-refractivity contribution in [2.24, 2.45) is 5.41 Å². The Balaban J connectivity index is 1.84. The first-order valence-corrected chi connectivity index (χ1v) is 5.41. The molecule has 86 valence electrons. The molecule has 0 aromatic heterocycles. The average molecular weight is 220 g/mol. The molecule has 1 aromatic carbocycles. The molecular formula is C13H16O3. The maximum Gasteiger partial charge on any atom is 0.314 e. The fraction of sp³-hybridized carbons (Fsp3) is 0.462. The summed E-state index contributed by atoms with van der Waals surface area (Å²) in [6.45, 7) is 2.44. The van der Waals surface area contributed by atoms with E-state index >= 15 is 0 Å². The van der Waals surface area contributed by atoms with Crippen molar-refractivity contribution in [3.63, 3.8) is 0 Å². The fourth-order valence-corrected chi connectivity index (χ4v) is 1.79. The summed E-state index contributed by atoms with van der Waals surface area (Å²) >= 11 is 0. The summed E-state index contributed by atoms with van der Waals surface area (Å²) in [6, 6.07) is 9.95. The largest absolute Gasteiger partial charge is 0.469 e. The highest BCUT2D eigenvalue weighted by Crippen LogP contribution is 2.49. The van der Waals surface area contributed by atoms with Gasteiger partial charge in [0, 0.05) is 0 Å². The van der Waals surface area contributed by atoms with Crippen LogP contribution in [0.5, 0.6) is 0 Å². The molecule has 0 spiro atoms. The number of benzene rings is 1. The lowest BCUT2D eigenvalue weighted by Crippen LogP contribution is -2.19. The topological polar surface area (TPSA) is 35.5 Å². The van der Waals surface area contributed by atoms with Gasteiger partial charge in [-0.15, -0.1) is 0 Å². The van der Waals surface area contributed by atoms with Gasteiger partial charge in [0.1, 0.15) is 0 Å². The van der Waals surface area contributed by atoms with Crippen LogP contribution in [0.2, 0.25) is 0 Å². The van der Waals surface area contributed by atoms with Gasteiger partial charge in [-0.2, -0.15) is 0 Å². The van der Waals surface area contributed by atoms with E-state index in [1.165, 1.54) is 7.11 Å². The molecule has 1 aromatic rings. The van der Waals surface area contributed by atoms with Crippen molar-refractivity contribution in [1.82, 2.24) is 0 Å². The van der Waals surface area contributed by atoms with Gasteiger partial charge in [-0.05, 0) is 18.9 Å². The van der Waals surface area contributed by atoms with Gasteiger partial charge in [0.25, 0.3) is 0 Å². The number of methoxy groups -OCH3 is 1. The Morgan fingerprint density at radius 3 is 2.75 bits per heavy atom. The molecule has 16 heavy (non-hydrogen) atoms. The van der Waals surface area contributed by atoms with Crippen molar-refractivity contribution >= 4 is 5.97 Å². The maximum atomic E-state index is 11.4. The average Bonchev–Trinajstić information content (AvgIpc) is 2.99. The minimum atomic E-state index is -0.427. The molecule has 0 heterocycles. The van der Waals surface area contributed by atoms with Gasteiger partial charge < -0.3 is 9.47 Å². The van der Waals surface area contributed by atoms with Crippen molar-refractivity contribution in [2.75, 3.05) is 7.11 Å². The maximum absolute atomic E-state index is 11.4. The van der Waals surface area contributed by atoms with Crippen LogP contribution < -0.4 is 0 Å². The lowest BCUT2D eigenvalue weighted by molar-refractivity contribution is -0.148. The predicted octanol–water partition coefficient (Wildman–Crippen LogP) is 2.15. The molecule has 0 amide bonds. The molecule has 0 radical (unpaired) electrons. The van der Waals surface area contributed by atoms with E-state index in [9.17, 15) is 4.79 Å². The number of hydrogen-bond acceptors (Lipinski definition) is 3. The van der Waals surface area contributed by atoms with Gasteiger partial charge in [-0.25, -0.2) is 0 Å². The summed E-state index contributed by atoms with van der Waals surface area (Å²) in [7, 11) is 1.42. The smallest absolute Gasteiger partial charge is 0.314 e. The highest BCUT2D eigenvalue weighted by Gasteiger charge is 2.58. The zero-order valence-electron chi connectivity index (χ0n) is 9.60. The number of hydrogen-bond donors (Lipinski definition) is 0. The number of carbonyl (C=O) groups is 1. The van der Waals surface area contributed by atoms with Crippen molar-refractivity contribution in [1.29, 1.82) is 0 Å². The molecule has 3 nitrogen and oxygen atoms in total. The molecule has 0 bridgehead atoms. The predicted molar refractivity (Wildman–Crippen MR) is 59.8 cm³/mol. The van der Waals surface area contributed by atoms with Gasteiger partial charge in [-0.1, -0.05) is 30.3 Å². The normalized spacial score (nSPS) is 27.5. The van der Waals surface area contributed by atoms with E-state index in [-0.39, 0.29) is 12.1 Å². The SMILES string of the molecule is COC(=O)[C@]1(C)C[C@@H]1OCc1ccccc1. The Morgan fingerprint density at radius 1 is 1.44 bits per heavy atom. The molecule has 0 N–H and O–H groups in total. The van der Waals surface area contributed by atoms with Crippen LogP contribution in [0.1, 0.15) is 18.9 Å². The fourth-order valence-electron chi connectivity index (χ4n) is 1.79. The molecule has 0 aliphatic heterocycles. The van der Waals surface area contributed by atoms with E-state index in [2.05, 4.69) is 0 Å². The highest BCUT2D eigenvalue weighted by atomic mass is 16.5. The quantitative estimate of drug-likeness (QED) is 0.729. The van der Waals surface area contributed by atoms with Crippen molar-refractivity contribution < 1.29 is 14.3 Å². The van der Waals surface area contributed by atoms with Gasteiger partial charge in [0.2, 0.25) is 0 Å².